The number of nitrogens with zero attached hydrogens (tertiary/aromatic N) is 4. The van der Waals surface area contributed by atoms with E-state index in [1.54, 1.807) is 17.0 Å². The SMILES string of the molecule is C=CC(=O)N1CC[C@H](Oc2ccc3ncnc(Nc4ccc(OC[C@@H]5CCOC5)c(F)c4F)c3n2)C1. The van der Waals surface area contributed by atoms with Crippen molar-refractivity contribution in [3.63, 3.8) is 0 Å². The highest BCUT2D eigenvalue weighted by atomic mass is 19.2. The Morgan fingerprint density at radius 1 is 1.22 bits per heavy atom. The van der Waals surface area contributed by atoms with E-state index in [1.807, 2.05) is 0 Å². The van der Waals surface area contributed by atoms with Crippen LogP contribution >= 0.6 is 0 Å². The number of hydrogen-bond donors (Lipinski definition) is 1. The van der Waals surface area contributed by atoms with E-state index < -0.39 is 11.6 Å². The summed E-state index contributed by atoms with van der Waals surface area (Å²) in [6.07, 6.45) is 3.84. The molecule has 0 spiro atoms. The van der Waals surface area contributed by atoms with Gasteiger partial charge in [-0.15, -0.1) is 0 Å². The molecule has 3 aromatic rings. The van der Waals surface area contributed by atoms with E-state index in [-0.39, 0.29) is 41.8 Å². The molecule has 1 N–H and O–H groups in total. The smallest absolute Gasteiger partial charge is 0.246 e. The van der Waals surface area contributed by atoms with Gasteiger partial charge >= 0.3 is 0 Å². The molecule has 2 atom stereocenters. The zero-order valence-electron chi connectivity index (χ0n) is 19.5. The van der Waals surface area contributed by atoms with Gasteiger partial charge in [0.05, 0.1) is 31.0 Å². The second kappa shape index (κ2) is 10.4. The van der Waals surface area contributed by atoms with Crippen molar-refractivity contribution < 1.29 is 27.8 Å². The molecule has 1 aromatic carbocycles. The van der Waals surface area contributed by atoms with Crippen LogP contribution in [0.3, 0.4) is 0 Å². The van der Waals surface area contributed by atoms with Crippen LogP contribution in [0.2, 0.25) is 0 Å². The van der Waals surface area contributed by atoms with Crippen LogP contribution in [0.4, 0.5) is 20.3 Å². The van der Waals surface area contributed by atoms with Crippen LogP contribution in [-0.2, 0) is 9.53 Å². The summed E-state index contributed by atoms with van der Waals surface area (Å²) in [5, 5.41) is 2.81. The Bertz CT molecular complexity index is 1280. The summed E-state index contributed by atoms with van der Waals surface area (Å²) >= 11 is 0. The van der Waals surface area contributed by atoms with Crippen molar-refractivity contribution in [1.82, 2.24) is 19.9 Å². The largest absolute Gasteiger partial charge is 0.490 e. The lowest BCUT2D eigenvalue weighted by Crippen LogP contribution is -2.29. The van der Waals surface area contributed by atoms with Crippen molar-refractivity contribution in [2.45, 2.75) is 18.9 Å². The van der Waals surface area contributed by atoms with Gasteiger partial charge < -0.3 is 24.4 Å². The Labute approximate surface area is 206 Å². The summed E-state index contributed by atoms with van der Waals surface area (Å²) < 4.78 is 46.3. The number of pyridine rings is 1. The second-order valence-electron chi connectivity index (χ2n) is 8.66. The van der Waals surface area contributed by atoms with Gasteiger partial charge in [0.1, 0.15) is 17.9 Å². The van der Waals surface area contributed by atoms with Gasteiger partial charge in [0.15, 0.2) is 17.4 Å². The van der Waals surface area contributed by atoms with Crippen molar-refractivity contribution in [2.24, 2.45) is 5.92 Å². The number of hydrogen-bond acceptors (Lipinski definition) is 8. The van der Waals surface area contributed by atoms with Gasteiger partial charge in [-0.3, -0.25) is 4.79 Å². The van der Waals surface area contributed by atoms with E-state index in [0.29, 0.717) is 49.6 Å². The van der Waals surface area contributed by atoms with E-state index in [2.05, 4.69) is 26.8 Å². The number of carbonyl (C=O) groups excluding carboxylic acids is 1. The molecule has 0 bridgehead atoms. The third-order valence-electron chi connectivity index (χ3n) is 6.17. The number of nitrogens with one attached hydrogen (secondary N) is 1. The van der Waals surface area contributed by atoms with Gasteiger partial charge in [0, 0.05) is 31.6 Å². The highest BCUT2D eigenvalue weighted by Crippen LogP contribution is 2.31. The monoisotopic (exact) mass is 497 g/mol. The molecule has 11 heteroatoms. The zero-order chi connectivity index (χ0) is 25.1. The Kier molecular flexibility index (Phi) is 6.90. The predicted octanol–water partition coefficient (Wildman–Crippen LogP) is 3.63. The fourth-order valence-corrected chi connectivity index (χ4v) is 4.19. The number of rotatable bonds is 8. The number of fused-ring (bicyclic) bond motifs is 1. The topological polar surface area (TPSA) is 98.7 Å². The third-order valence-corrected chi connectivity index (χ3v) is 6.17. The van der Waals surface area contributed by atoms with Crippen LogP contribution in [0.15, 0.2) is 43.2 Å². The average Bonchev–Trinajstić information content (AvgIpc) is 3.59. The van der Waals surface area contributed by atoms with Crippen LogP contribution in [0.1, 0.15) is 12.8 Å². The summed E-state index contributed by atoms with van der Waals surface area (Å²) in [4.78, 5) is 26.3. The number of carbonyl (C=O) groups is 1. The van der Waals surface area contributed by atoms with Gasteiger partial charge in [-0.2, -0.15) is 4.39 Å². The summed E-state index contributed by atoms with van der Waals surface area (Å²) in [5.41, 5.74) is 0.703. The molecule has 4 heterocycles. The van der Waals surface area contributed by atoms with E-state index in [1.165, 1.54) is 24.5 Å². The van der Waals surface area contributed by atoms with Crippen molar-refractivity contribution in [3.05, 3.63) is 54.9 Å². The standard InChI is InChI=1S/C25H25F2N5O4/c1-2-21(33)32-9-7-16(11-32)36-20-6-4-18-24(31-20)25(29-14-28-18)30-17-3-5-19(23(27)22(17)26)35-13-15-8-10-34-12-15/h2-6,14-16H,1,7-13H2,(H,28,29,30)/t15-,16+/m1/s1. The number of aromatic nitrogens is 3. The second-order valence-corrected chi connectivity index (χ2v) is 8.66. The minimum absolute atomic E-state index is 0.119. The zero-order valence-corrected chi connectivity index (χ0v) is 19.5. The molecule has 2 aliphatic heterocycles. The average molecular weight is 498 g/mol. The van der Waals surface area contributed by atoms with E-state index in [9.17, 15) is 13.6 Å². The molecule has 36 heavy (non-hydrogen) atoms. The Hall–Kier alpha value is -3.86. The normalized spacial score (nSPS) is 19.4. The molecular formula is C25H25F2N5O4. The third kappa shape index (κ3) is 5.06. The molecule has 2 aliphatic rings. The van der Waals surface area contributed by atoms with Crippen LogP contribution in [0, 0.1) is 17.6 Å². The van der Waals surface area contributed by atoms with E-state index in [4.69, 9.17) is 14.2 Å². The predicted molar refractivity (Wildman–Crippen MR) is 127 cm³/mol. The summed E-state index contributed by atoms with van der Waals surface area (Å²) in [5.74, 6) is -1.83. The lowest BCUT2D eigenvalue weighted by molar-refractivity contribution is -0.125. The maximum atomic E-state index is 14.9. The molecule has 2 aromatic heterocycles. The maximum Gasteiger partial charge on any atom is 0.246 e. The molecule has 1 amide bonds. The first kappa shape index (κ1) is 23.9. The Balaban J connectivity index is 1.32. The number of ether oxygens (including phenoxy) is 3. The molecule has 5 rings (SSSR count). The molecule has 0 saturated carbocycles. The van der Waals surface area contributed by atoms with E-state index in [0.717, 1.165) is 6.42 Å². The van der Waals surface area contributed by atoms with Crippen LogP contribution < -0.4 is 14.8 Å². The lowest BCUT2D eigenvalue weighted by atomic mass is 10.1. The Morgan fingerprint density at radius 3 is 2.92 bits per heavy atom. The molecule has 9 nitrogen and oxygen atoms in total. The number of benzene rings is 1. The van der Waals surface area contributed by atoms with Gasteiger partial charge in [-0.05, 0) is 30.7 Å². The summed E-state index contributed by atoms with van der Waals surface area (Å²) in [7, 11) is 0. The molecule has 2 saturated heterocycles. The van der Waals surface area contributed by atoms with Crippen molar-refractivity contribution in [3.8, 4) is 11.6 Å². The first-order valence-electron chi connectivity index (χ1n) is 11.7. The minimum atomic E-state index is -1.09. The number of halogens is 2. The van der Waals surface area contributed by atoms with Crippen molar-refractivity contribution in [2.75, 3.05) is 38.2 Å². The first-order valence-corrected chi connectivity index (χ1v) is 11.7. The molecule has 188 valence electrons. The van der Waals surface area contributed by atoms with Crippen LogP contribution in [0.5, 0.6) is 11.6 Å². The van der Waals surface area contributed by atoms with Gasteiger partial charge in [0.2, 0.25) is 17.6 Å². The first-order chi connectivity index (χ1) is 17.5. The minimum Gasteiger partial charge on any atom is -0.490 e. The molecule has 0 aliphatic carbocycles. The number of amides is 1. The molecular weight excluding hydrogens is 472 g/mol. The van der Waals surface area contributed by atoms with Crippen molar-refractivity contribution >= 4 is 28.4 Å². The van der Waals surface area contributed by atoms with E-state index >= 15 is 0 Å². The molecule has 0 radical (unpaired) electrons. The molecule has 0 unspecified atom stereocenters. The van der Waals surface area contributed by atoms with Crippen LogP contribution in [-0.4, -0.2) is 64.8 Å². The van der Waals surface area contributed by atoms with Gasteiger partial charge in [0.25, 0.3) is 0 Å². The maximum absolute atomic E-state index is 14.9. The lowest BCUT2D eigenvalue weighted by Gasteiger charge is -2.16. The Morgan fingerprint density at radius 2 is 2.11 bits per heavy atom. The highest BCUT2D eigenvalue weighted by Gasteiger charge is 2.27. The number of anilines is 2. The fraction of sp³-hybridized carbons (Fsp3) is 0.360. The fourth-order valence-electron chi connectivity index (χ4n) is 4.19. The van der Waals surface area contributed by atoms with Crippen LogP contribution in [0.25, 0.3) is 11.0 Å². The molecule has 2 fully saturated rings. The highest BCUT2D eigenvalue weighted by molar-refractivity contribution is 5.88. The van der Waals surface area contributed by atoms with Crippen molar-refractivity contribution in [1.29, 1.82) is 0 Å². The quantitative estimate of drug-likeness (QED) is 0.471. The summed E-state index contributed by atoms with van der Waals surface area (Å²) in [6, 6.07) is 6.13. The van der Waals surface area contributed by atoms with Gasteiger partial charge in [-0.25, -0.2) is 19.3 Å². The van der Waals surface area contributed by atoms with Gasteiger partial charge in [-0.1, -0.05) is 6.58 Å². The number of likely N-dealkylation sites (tertiary alicyclic amines) is 1. The summed E-state index contributed by atoms with van der Waals surface area (Å²) in [6.45, 7) is 5.95.